The summed E-state index contributed by atoms with van der Waals surface area (Å²) in [4.78, 5) is 20.8. The molecule has 27 heavy (non-hydrogen) atoms. The molecule has 1 aliphatic rings. The van der Waals surface area contributed by atoms with E-state index in [1.165, 1.54) is 0 Å². The second-order valence-corrected chi connectivity index (χ2v) is 7.02. The summed E-state index contributed by atoms with van der Waals surface area (Å²) in [5.74, 6) is 0.0133. The molecule has 0 radical (unpaired) electrons. The van der Waals surface area contributed by atoms with Crippen LogP contribution in [0.4, 0.5) is 11.4 Å². The average Bonchev–Trinajstić information content (AvgIpc) is 3.11. The number of piperazine rings is 1. The lowest BCUT2D eigenvalue weighted by Crippen LogP contribution is -2.46. The standard InChI is InChI=1S/C22H26N4O/c1-2-25-11-13-26(14-12-25)21-10-6-5-9-20(21)24-22(27)15-17-16-23-19-8-4-3-7-18(17)19/h3-10,16,23H,2,11-15H2,1H3,(H,24,27). The fraction of sp³-hybridized carbons (Fsp3) is 0.318. The number of hydrogen-bond donors (Lipinski definition) is 2. The maximum Gasteiger partial charge on any atom is 0.228 e. The highest BCUT2D eigenvalue weighted by Crippen LogP contribution is 2.27. The molecule has 0 bridgehead atoms. The number of benzene rings is 2. The maximum atomic E-state index is 12.7. The van der Waals surface area contributed by atoms with E-state index in [9.17, 15) is 4.79 Å². The van der Waals surface area contributed by atoms with Crippen LogP contribution in [0.25, 0.3) is 10.9 Å². The van der Waals surface area contributed by atoms with Crippen LogP contribution in [0.2, 0.25) is 0 Å². The summed E-state index contributed by atoms with van der Waals surface area (Å²) in [6, 6.07) is 16.2. The molecule has 140 valence electrons. The van der Waals surface area contributed by atoms with Gasteiger partial charge in [-0.3, -0.25) is 4.79 Å². The summed E-state index contributed by atoms with van der Waals surface area (Å²) in [5, 5.41) is 4.24. The maximum absolute atomic E-state index is 12.7. The van der Waals surface area contributed by atoms with E-state index in [0.29, 0.717) is 6.42 Å². The molecule has 3 aromatic rings. The van der Waals surface area contributed by atoms with Gasteiger partial charge in [0.1, 0.15) is 0 Å². The number of H-pyrrole nitrogens is 1. The van der Waals surface area contributed by atoms with Gasteiger partial charge in [-0.1, -0.05) is 37.3 Å². The van der Waals surface area contributed by atoms with Gasteiger partial charge < -0.3 is 20.1 Å². The Morgan fingerprint density at radius 2 is 1.78 bits per heavy atom. The number of likely N-dealkylation sites (N-methyl/N-ethyl adjacent to an activating group) is 1. The van der Waals surface area contributed by atoms with Crippen molar-refractivity contribution in [2.24, 2.45) is 0 Å². The molecule has 4 rings (SSSR count). The number of anilines is 2. The van der Waals surface area contributed by atoms with Crippen LogP contribution in [0.15, 0.2) is 54.7 Å². The number of rotatable bonds is 5. The van der Waals surface area contributed by atoms with Crippen molar-refractivity contribution in [2.75, 3.05) is 42.9 Å². The van der Waals surface area contributed by atoms with Crippen LogP contribution in [-0.2, 0) is 11.2 Å². The first kappa shape index (κ1) is 17.6. The third-order valence-electron chi connectivity index (χ3n) is 5.36. The number of amides is 1. The zero-order valence-corrected chi connectivity index (χ0v) is 15.7. The molecule has 1 saturated heterocycles. The zero-order valence-electron chi connectivity index (χ0n) is 15.7. The van der Waals surface area contributed by atoms with Crippen LogP contribution in [0.3, 0.4) is 0 Å². The lowest BCUT2D eigenvalue weighted by molar-refractivity contribution is -0.115. The summed E-state index contributed by atoms with van der Waals surface area (Å²) >= 11 is 0. The lowest BCUT2D eigenvalue weighted by atomic mass is 10.1. The van der Waals surface area contributed by atoms with Gasteiger partial charge in [0.25, 0.3) is 0 Å². The smallest absolute Gasteiger partial charge is 0.228 e. The van der Waals surface area contributed by atoms with Crippen molar-refractivity contribution in [1.29, 1.82) is 0 Å². The molecule has 0 atom stereocenters. The summed E-state index contributed by atoms with van der Waals surface area (Å²) in [6.45, 7) is 7.40. The topological polar surface area (TPSA) is 51.4 Å². The molecule has 0 spiro atoms. The molecule has 2 aromatic carbocycles. The van der Waals surface area contributed by atoms with Gasteiger partial charge in [0.15, 0.2) is 0 Å². The van der Waals surface area contributed by atoms with Gasteiger partial charge in [-0.2, -0.15) is 0 Å². The van der Waals surface area contributed by atoms with E-state index in [1.54, 1.807) is 0 Å². The van der Waals surface area contributed by atoms with Crippen molar-refractivity contribution in [2.45, 2.75) is 13.3 Å². The quantitative estimate of drug-likeness (QED) is 0.730. The van der Waals surface area contributed by atoms with Gasteiger partial charge in [-0.15, -0.1) is 0 Å². The Balaban J connectivity index is 1.47. The number of aromatic nitrogens is 1. The molecule has 1 aliphatic heterocycles. The minimum absolute atomic E-state index is 0.0133. The minimum Gasteiger partial charge on any atom is -0.367 e. The Morgan fingerprint density at radius 3 is 2.59 bits per heavy atom. The molecule has 1 aromatic heterocycles. The third-order valence-corrected chi connectivity index (χ3v) is 5.36. The Bertz CT molecular complexity index is 925. The molecule has 5 nitrogen and oxygen atoms in total. The van der Waals surface area contributed by atoms with E-state index >= 15 is 0 Å². The molecule has 5 heteroatoms. The van der Waals surface area contributed by atoms with Gasteiger partial charge >= 0.3 is 0 Å². The third kappa shape index (κ3) is 3.83. The second kappa shape index (κ2) is 7.84. The molecule has 0 aliphatic carbocycles. The molecular formula is C22H26N4O. The highest BCUT2D eigenvalue weighted by molar-refractivity contribution is 5.98. The summed E-state index contributed by atoms with van der Waals surface area (Å²) in [5.41, 5.74) is 4.10. The van der Waals surface area contributed by atoms with Crippen molar-refractivity contribution in [3.05, 3.63) is 60.3 Å². The molecule has 2 N–H and O–H groups in total. The van der Waals surface area contributed by atoms with E-state index < -0.39 is 0 Å². The fourth-order valence-corrected chi connectivity index (χ4v) is 3.81. The fourth-order valence-electron chi connectivity index (χ4n) is 3.81. The second-order valence-electron chi connectivity index (χ2n) is 7.02. The first-order valence-corrected chi connectivity index (χ1v) is 9.66. The van der Waals surface area contributed by atoms with E-state index in [-0.39, 0.29) is 5.91 Å². The van der Waals surface area contributed by atoms with E-state index in [2.05, 4.69) is 39.2 Å². The van der Waals surface area contributed by atoms with Gasteiger partial charge in [-0.05, 0) is 30.3 Å². The zero-order chi connectivity index (χ0) is 18.6. The highest BCUT2D eigenvalue weighted by atomic mass is 16.1. The van der Waals surface area contributed by atoms with Gasteiger partial charge in [-0.25, -0.2) is 0 Å². The molecule has 2 heterocycles. The minimum atomic E-state index is 0.0133. The first-order valence-electron chi connectivity index (χ1n) is 9.66. The Labute approximate surface area is 160 Å². The van der Waals surface area contributed by atoms with Crippen LogP contribution >= 0.6 is 0 Å². The van der Waals surface area contributed by atoms with Crippen LogP contribution in [0.5, 0.6) is 0 Å². The van der Waals surface area contributed by atoms with E-state index in [1.807, 2.05) is 42.6 Å². The van der Waals surface area contributed by atoms with Crippen molar-refractivity contribution in [3.8, 4) is 0 Å². The highest BCUT2D eigenvalue weighted by Gasteiger charge is 2.19. The van der Waals surface area contributed by atoms with Crippen molar-refractivity contribution < 1.29 is 4.79 Å². The number of carbonyl (C=O) groups is 1. The van der Waals surface area contributed by atoms with E-state index in [0.717, 1.165) is 60.6 Å². The summed E-state index contributed by atoms with van der Waals surface area (Å²) < 4.78 is 0. The van der Waals surface area contributed by atoms with Gasteiger partial charge in [0.2, 0.25) is 5.91 Å². The normalized spacial score (nSPS) is 15.2. The van der Waals surface area contributed by atoms with Crippen LogP contribution in [0, 0.1) is 0 Å². The predicted molar refractivity (Wildman–Crippen MR) is 111 cm³/mol. The number of nitrogens with zero attached hydrogens (tertiary/aromatic N) is 2. The number of fused-ring (bicyclic) bond motifs is 1. The van der Waals surface area contributed by atoms with Crippen molar-refractivity contribution >= 4 is 28.2 Å². The summed E-state index contributed by atoms with van der Waals surface area (Å²) in [6.07, 6.45) is 2.29. The van der Waals surface area contributed by atoms with Gasteiger partial charge in [0.05, 0.1) is 17.8 Å². The Morgan fingerprint density at radius 1 is 1.04 bits per heavy atom. The predicted octanol–water partition coefficient (Wildman–Crippen LogP) is 3.49. The van der Waals surface area contributed by atoms with E-state index in [4.69, 9.17) is 0 Å². The van der Waals surface area contributed by atoms with Crippen molar-refractivity contribution in [3.63, 3.8) is 0 Å². The Hall–Kier alpha value is -2.79. The lowest BCUT2D eigenvalue weighted by Gasteiger charge is -2.36. The molecule has 1 fully saturated rings. The number of para-hydroxylation sites is 3. The van der Waals surface area contributed by atoms with Crippen molar-refractivity contribution in [1.82, 2.24) is 9.88 Å². The monoisotopic (exact) mass is 362 g/mol. The molecule has 0 unspecified atom stereocenters. The van der Waals surface area contributed by atoms with Gasteiger partial charge in [0, 0.05) is 43.3 Å². The molecule has 0 saturated carbocycles. The number of aromatic amines is 1. The number of hydrogen-bond acceptors (Lipinski definition) is 3. The Kier molecular flexibility index (Phi) is 5.12. The molecular weight excluding hydrogens is 336 g/mol. The number of carbonyl (C=O) groups excluding carboxylic acids is 1. The van der Waals surface area contributed by atoms with Crippen LogP contribution in [0.1, 0.15) is 12.5 Å². The molecule has 1 amide bonds. The SMILES string of the molecule is CCN1CCN(c2ccccc2NC(=O)Cc2c[nH]c3ccccc23)CC1. The van der Waals surface area contributed by atoms with Crippen LogP contribution < -0.4 is 10.2 Å². The number of nitrogens with one attached hydrogen (secondary N) is 2. The average molecular weight is 362 g/mol. The first-order chi connectivity index (χ1) is 13.2. The van der Waals surface area contributed by atoms with Crippen LogP contribution in [-0.4, -0.2) is 48.5 Å². The largest absolute Gasteiger partial charge is 0.367 e. The summed E-state index contributed by atoms with van der Waals surface area (Å²) in [7, 11) is 0.